The average Bonchev–Trinajstić information content (AvgIpc) is 3.09. The topological polar surface area (TPSA) is 124 Å². The van der Waals surface area contributed by atoms with Crippen molar-refractivity contribution >= 4 is 29.4 Å². The molecule has 156 valence electrons. The summed E-state index contributed by atoms with van der Waals surface area (Å²) < 4.78 is 6.43. The fourth-order valence-electron chi connectivity index (χ4n) is 2.71. The van der Waals surface area contributed by atoms with Gasteiger partial charge in [-0.05, 0) is 49.7 Å². The van der Waals surface area contributed by atoms with E-state index in [1.165, 1.54) is 4.68 Å². The fourth-order valence-corrected chi connectivity index (χ4v) is 3.37. The monoisotopic (exact) mass is 426 g/mol. The van der Waals surface area contributed by atoms with Gasteiger partial charge in [0.25, 0.3) is 0 Å². The van der Waals surface area contributed by atoms with Crippen molar-refractivity contribution in [1.29, 1.82) is 0 Å². The largest absolute Gasteiger partial charge is 0.497 e. The van der Waals surface area contributed by atoms with Crippen LogP contribution < -0.4 is 21.2 Å². The second kappa shape index (κ2) is 9.31. The summed E-state index contributed by atoms with van der Waals surface area (Å²) in [5.74, 6) is 6.70. The highest BCUT2D eigenvalue weighted by molar-refractivity contribution is 7.99. The predicted octanol–water partition coefficient (Wildman–Crippen LogP) is 2.72. The van der Waals surface area contributed by atoms with E-state index < -0.39 is 11.9 Å². The minimum absolute atomic E-state index is 0.0434. The second-order valence-electron chi connectivity index (χ2n) is 6.51. The Bertz CT molecular complexity index is 1060. The lowest BCUT2D eigenvalue weighted by atomic mass is 10.1. The van der Waals surface area contributed by atoms with Gasteiger partial charge in [0.05, 0.1) is 12.9 Å². The molecule has 0 saturated carbocycles. The number of carbonyl (C=O) groups excluding carboxylic acids is 2. The summed E-state index contributed by atoms with van der Waals surface area (Å²) in [7, 11) is 1.59. The SMILES string of the molecule is COc1ccc(-c2nnc(SCC(=O)NC(=O)Nc3ccc(C)cc3C)n2N)cc1. The molecule has 30 heavy (non-hydrogen) atoms. The molecule has 0 atom stereocenters. The van der Waals surface area contributed by atoms with Gasteiger partial charge in [-0.3, -0.25) is 10.1 Å². The van der Waals surface area contributed by atoms with E-state index in [2.05, 4.69) is 20.8 Å². The molecule has 0 spiro atoms. The van der Waals surface area contributed by atoms with Gasteiger partial charge < -0.3 is 15.9 Å². The number of nitrogens with zero attached hydrogens (tertiary/aromatic N) is 3. The van der Waals surface area contributed by atoms with E-state index in [0.29, 0.717) is 22.4 Å². The molecule has 3 rings (SSSR count). The third kappa shape index (κ3) is 5.09. The van der Waals surface area contributed by atoms with Gasteiger partial charge >= 0.3 is 6.03 Å². The first-order chi connectivity index (χ1) is 14.4. The van der Waals surface area contributed by atoms with Crippen molar-refractivity contribution in [1.82, 2.24) is 20.2 Å². The van der Waals surface area contributed by atoms with Gasteiger partial charge in [0, 0.05) is 11.3 Å². The minimum Gasteiger partial charge on any atom is -0.497 e. The van der Waals surface area contributed by atoms with Crippen LogP contribution in [0.2, 0.25) is 0 Å². The number of imide groups is 1. The van der Waals surface area contributed by atoms with E-state index in [9.17, 15) is 9.59 Å². The molecule has 0 saturated heterocycles. The highest BCUT2D eigenvalue weighted by Crippen LogP contribution is 2.23. The van der Waals surface area contributed by atoms with E-state index in [1.807, 2.05) is 38.1 Å². The molecule has 0 aliphatic rings. The van der Waals surface area contributed by atoms with Crippen LogP contribution in [0.15, 0.2) is 47.6 Å². The van der Waals surface area contributed by atoms with Crippen molar-refractivity contribution in [3.63, 3.8) is 0 Å². The van der Waals surface area contributed by atoms with Crippen molar-refractivity contribution in [2.45, 2.75) is 19.0 Å². The number of nitrogen functional groups attached to an aromatic ring is 1. The molecule has 0 aliphatic heterocycles. The van der Waals surface area contributed by atoms with Gasteiger partial charge in [-0.1, -0.05) is 29.5 Å². The maximum Gasteiger partial charge on any atom is 0.325 e. The summed E-state index contributed by atoms with van der Waals surface area (Å²) in [4.78, 5) is 24.2. The number of nitrogens with two attached hydrogens (primary N) is 1. The summed E-state index contributed by atoms with van der Waals surface area (Å²) in [6.07, 6.45) is 0. The number of amides is 3. The summed E-state index contributed by atoms with van der Waals surface area (Å²) in [6.45, 7) is 3.85. The molecular weight excluding hydrogens is 404 g/mol. The number of anilines is 1. The molecular formula is C20H22N6O3S. The smallest absolute Gasteiger partial charge is 0.325 e. The Kier molecular flexibility index (Phi) is 6.58. The van der Waals surface area contributed by atoms with Crippen LogP contribution >= 0.6 is 11.8 Å². The Labute approximate surface area is 178 Å². The number of rotatable bonds is 6. The highest BCUT2D eigenvalue weighted by atomic mass is 32.2. The lowest BCUT2D eigenvalue weighted by molar-refractivity contribution is -0.117. The third-order valence-corrected chi connectivity index (χ3v) is 5.17. The first-order valence-electron chi connectivity index (χ1n) is 9.03. The summed E-state index contributed by atoms with van der Waals surface area (Å²) >= 11 is 1.08. The quantitative estimate of drug-likeness (QED) is 0.409. The molecule has 0 bridgehead atoms. The van der Waals surface area contributed by atoms with Crippen molar-refractivity contribution in [3.05, 3.63) is 53.6 Å². The summed E-state index contributed by atoms with van der Waals surface area (Å²) in [5.41, 5.74) is 3.40. The van der Waals surface area contributed by atoms with Gasteiger partial charge in [0.2, 0.25) is 11.1 Å². The third-order valence-electron chi connectivity index (χ3n) is 4.23. The van der Waals surface area contributed by atoms with Crippen LogP contribution in [-0.2, 0) is 4.79 Å². The molecule has 3 aromatic rings. The first kappa shape index (κ1) is 21.2. The Morgan fingerprint density at radius 1 is 1.13 bits per heavy atom. The molecule has 1 heterocycles. The first-order valence-corrected chi connectivity index (χ1v) is 10.0. The van der Waals surface area contributed by atoms with Crippen molar-refractivity contribution in [2.75, 3.05) is 24.0 Å². The van der Waals surface area contributed by atoms with Crippen molar-refractivity contribution < 1.29 is 14.3 Å². The van der Waals surface area contributed by atoms with Gasteiger partial charge in [0.15, 0.2) is 5.82 Å². The van der Waals surface area contributed by atoms with Gasteiger partial charge in [-0.15, -0.1) is 10.2 Å². The van der Waals surface area contributed by atoms with E-state index in [1.54, 1.807) is 25.3 Å². The number of aromatic nitrogens is 3. The Hall–Kier alpha value is -3.53. The number of carbonyl (C=O) groups is 2. The standard InChI is InChI=1S/C20H22N6O3S/c1-12-4-9-16(13(2)10-12)22-19(28)23-17(27)11-30-20-25-24-18(26(20)21)14-5-7-15(29-3)8-6-14/h4-10H,11,21H2,1-3H3,(H2,22,23,27,28). The van der Waals surface area contributed by atoms with Crippen LogP contribution in [0.1, 0.15) is 11.1 Å². The number of aryl methyl sites for hydroxylation is 2. The summed E-state index contributed by atoms with van der Waals surface area (Å²) in [6, 6.07) is 12.2. The van der Waals surface area contributed by atoms with E-state index in [-0.39, 0.29) is 5.75 Å². The lowest BCUT2D eigenvalue weighted by Crippen LogP contribution is -2.35. The molecule has 4 N–H and O–H groups in total. The lowest BCUT2D eigenvalue weighted by Gasteiger charge is -2.09. The van der Waals surface area contributed by atoms with Gasteiger partial charge in [-0.2, -0.15) is 0 Å². The molecule has 0 aliphatic carbocycles. The zero-order valence-corrected chi connectivity index (χ0v) is 17.6. The molecule has 0 unspecified atom stereocenters. The van der Waals surface area contributed by atoms with Crippen LogP contribution in [0, 0.1) is 13.8 Å². The van der Waals surface area contributed by atoms with Crippen molar-refractivity contribution in [3.8, 4) is 17.1 Å². The van der Waals surface area contributed by atoms with E-state index in [0.717, 1.165) is 28.5 Å². The Balaban J connectivity index is 1.55. The Morgan fingerprint density at radius 3 is 2.53 bits per heavy atom. The maximum atomic E-state index is 12.1. The number of thioether (sulfide) groups is 1. The second-order valence-corrected chi connectivity index (χ2v) is 7.46. The maximum absolute atomic E-state index is 12.1. The number of urea groups is 1. The predicted molar refractivity (Wildman–Crippen MR) is 116 cm³/mol. The Morgan fingerprint density at radius 2 is 1.87 bits per heavy atom. The number of ether oxygens (including phenoxy) is 1. The molecule has 3 amide bonds. The molecule has 10 heteroatoms. The molecule has 2 aromatic carbocycles. The number of hydrogen-bond donors (Lipinski definition) is 3. The van der Waals surface area contributed by atoms with Gasteiger partial charge in [0.1, 0.15) is 5.75 Å². The molecule has 9 nitrogen and oxygen atoms in total. The summed E-state index contributed by atoms with van der Waals surface area (Å²) in [5, 5.41) is 13.4. The van der Waals surface area contributed by atoms with Crippen LogP contribution in [0.25, 0.3) is 11.4 Å². The average molecular weight is 427 g/mol. The van der Waals surface area contributed by atoms with Crippen molar-refractivity contribution in [2.24, 2.45) is 0 Å². The van der Waals surface area contributed by atoms with Crippen LogP contribution in [-0.4, -0.2) is 39.7 Å². The molecule has 1 aromatic heterocycles. The number of benzene rings is 2. The van der Waals surface area contributed by atoms with Crippen LogP contribution in [0.3, 0.4) is 0 Å². The van der Waals surface area contributed by atoms with Gasteiger partial charge in [-0.25, -0.2) is 9.47 Å². The van der Waals surface area contributed by atoms with E-state index in [4.69, 9.17) is 10.6 Å². The zero-order valence-electron chi connectivity index (χ0n) is 16.8. The van der Waals surface area contributed by atoms with E-state index >= 15 is 0 Å². The minimum atomic E-state index is -0.597. The number of methoxy groups -OCH3 is 1. The van der Waals surface area contributed by atoms with Crippen LogP contribution in [0.4, 0.5) is 10.5 Å². The fraction of sp³-hybridized carbons (Fsp3) is 0.200. The molecule has 0 fully saturated rings. The molecule has 0 radical (unpaired) electrons. The normalized spacial score (nSPS) is 10.5. The number of hydrogen-bond acceptors (Lipinski definition) is 7. The zero-order chi connectivity index (χ0) is 21.7. The number of nitrogens with one attached hydrogen (secondary N) is 2. The highest BCUT2D eigenvalue weighted by Gasteiger charge is 2.15. The van der Waals surface area contributed by atoms with Crippen LogP contribution in [0.5, 0.6) is 5.75 Å².